The SMILES string of the molecule is COCCN1CCN(C[C@H]2CCCC(F)(F)C2)C[C@@H]1C. The second-order valence-electron chi connectivity index (χ2n) is 6.46. The van der Waals surface area contributed by atoms with Gasteiger partial charge in [0.2, 0.25) is 5.92 Å². The molecule has 1 heterocycles. The summed E-state index contributed by atoms with van der Waals surface area (Å²) in [6.07, 6.45) is 1.82. The Morgan fingerprint density at radius 1 is 1.30 bits per heavy atom. The van der Waals surface area contributed by atoms with E-state index in [0.29, 0.717) is 12.5 Å². The normalized spacial score (nSPS) is 32.4. The summed E-state index contributed by atoms with van der Waals surface area (Å²) in [7, 11) is 1.73. The van der Waals surface area contributed by atoms with Gasteiger partial charge in [0.25, 0.3) is 0 Å². The third-order valence-corrected chi connectivity index (χ3v) is 4.69. The van der Waals surface area contributed by atoms with Crippen LogP contribution in [0, 0.1) is 5.92 Å². The van der Waals surface area contributed by atoms with Gasteiger partial charge in [0.15, 0.2) is 0 Å². The van der Waals surface area contributed by atoms with Crippen molar-refractivity contribution in [2.45, 2.75) is 44.6 Å². The third-order valence-electron chi connectivity index (χ3n) is 4.69. The minimum Gasteiger partial charge on any atom is -0.383 e. The summed E-state index contributed by atoms with van der Waals surface area (Å²) in [6.45, 7) is 7.80. The minimum absolute atomic E-state index is 0.0880. The van der Waals surface area contributed by atoms with Crippen LogP contribution in [0.5, 0.6) is 0 Å². The van der Waals surface area contributed by atoms with E-state index in [1.54, 1.807) is 7.11 Å². The molecule has 1 aliphatic carbocycles. The van der Waals surface area contributed by atoms with E-state index in [1.165, 1.54) is 0 Å². The van der Waals surface area contributed by atoms with E-state index < -0.39 is 5.92 Å². The van der Waals surface area contributed by atoms with Crippen molar-refractivity contribution in [1.82, 2.24) is 9.80 Å². The Morgan fingerprint density at radius 3 is 2.75 bits per heavy atom. The molecule has 2 fully saturated rings. The fraction of sp³-hybridized carbons (Fsp3) is 1.00. The summed E-state index contributed by atoms with van der Waals surface area (Å²) in [6, 6.07) is 0.489. The zero-order valence-electron chi connectivity index (χ0n) is 12.8. The zero-order chi connectivity index (χ0) is 14.6. The molecule has 0 aromatic carbocycles. The number of hydrogen-bond acceptors (Lipinski definition) is 3. The maximum absolute atomic E-state index is 13.4. The average Bonchev–Trinajstić information content (AvgIpc) is 2.36. The molecule has 0 spiro atoms. The lowest BCUT2D eigenvalue weighted by Gasteiger charge is -2.42. The topological polar surface area (TPSA) is 15.7 Å². The lowest BCUT2D eigenvalue weighted by molar-refractivity contribution is -0.0599. The van der Waals surface area contributed by atoms with Crippen molar-refractivity contribution in [2.75, 3.05) is 46.4 Å². The number of rotatable bonds is 5. The summed E-state index contributed by atoms with van der Waals surface area (Å²) < 4.78 is 32.0. The van der Waals surface area contributed by atoms with Crippen LogP contribution < -0.4 is 0 Å². The fourth-order valence-electron chi connectivity index (χ4n) is 3.57. The predicted octanol–water partition coefficient (Wildman–Crippen LogP) is 2.46. The molecule has 0 bridgehead atoms. The number of halogens is 2. The van der Waals surface area contributed by atoms with Crippen molar-refractivity contribution in [3.8, 4) is 0 Å². The Bertz CT molecular complexity index is 302. The van der Waals surface area contributed by atoms with E-state index >= 15 is 0 Å². The highest BCUT2D eigenvalue weighted by atomic mass is 19.3. The second-order valence-corrected chi connectivity index (χ2v) is 6.46. The van der Waals surface area contributed by atoms with E-state index in [-0.39, 0.29) is 18.8 Å². The Morgan fingerprint density at radius 2 is 2.10 bits per heavy atom. The lowest BCUT2D eigenvalue weighted by atomic mass is 9.86. The summed E-state index contributed by atoms with van der Waals surface area (Å²) in [5.74, 6) is -2.24. The first kappa shape index (κ1) is 16.1. The second kappa shape index (κ2) is 7.14. The van der Waals surface area contributed by atoms with Crippen LogP contribution in [0.1, 0.15) is 32.6 Å². The molecule has 118 valence electrons. The molecule has 3 nitrogen and oxygen atoms in total. The number of hydrogen-bond donors (Lipinski definition) is 0. The van der Waals surface area contributed by atoms with Crippen molar-refractivity contribution in [1.29, 1.82) is 0 Å². The maximum atomic E-state index is 13.4. The molecule has 0 radical (unpaired) electrons. The van der Waals surface area contributed by atoms with Gasteiger partial charge >= 0.3 is 0 Å². The molecule has 1 aliphatic heterocycles. The van der Waals surface area contributed by atoms with Crippen LogP contribution in [0.25, 0.3) is 0 Å². The quantitative estimate of drug-likeness (QED) is 0.773. The molecule has 0 aromatic heterocycles. The molecule has 0 amide bonds. The van der Waals surface area contributed by atoms with Gasteiger partial charge in [0.05, 0.1) is 6.61 Å². The van der Waals surface area contributed by atoms with E-state index in [4.69, 9.17) is 4.74 Å². The van der Waals surface area contributed by atoms with Gasteiger partial charge in [0.1, 0.15) is 0 Å². The summed E-state index contributed by atoms with van der Waals surface area (Å²) in [5, 5.41) is 0. The van der Waals surface area contributed by atoms with E-state index in [9.17, 15) is 8.78 Å². The Balaban J connectivity index is 1.75. The molecular formula is C15H28F2N2O. The third kappa shape index (κ3) is 4.64. The molecule has 20 heavy (non-hydrogen) atoms. The number of nitrogens with zero attached hydrogens (tertiary/aromatic N) is 2. The summed E-state index contributed by atoms with van der Waals surface area (Å²) in [5.41, 5.74) is 0. The molecule has 5 heteroatoms. The van der Waals surface area contributed by atoms with Gasteiger partial charge in [-0.1, -0.05) is 0 Å². The monoisotopic (exact) mass is 290 g/mol. The fourth-order valence-corrected chi connectivity index (χ4v) is 3.57. The van der Waals surface area contributed by atoms with Crippen LogP contribution in [-0.2, 0) is 4.74 Å². The van der Waals surface area contributed by atoms with Gasteiger partial charge in [-0.2, -0.15) is 0 Å². The first-order valence-electron chi connectivity index (χ1n) is 7.83. The van der Waals surface area contributed by atoms with Crippen molar-refractivity contribution >= 4 is 0 Å². The predicted molar refractivity (Wildman–Crippen MR) is 76.3 cm³/mol. The first-order chi connectivity index (χ1) is 9.50. The van der Waals surface area contributed by atoms with Gasteiger partial charge in [-0.15, -0.1) is 0 Å². The Hall–Kier alpha value is -0.260. The molecule has 2 rings (SSSR count). The summed E-state index contributed by atoms with van der Waals surface area (Å²) in [4.78, 5) is 4.80. The van der Waals surface area contributed by atoms with Crippen LogP contribution in [0.3, 0.4) is 0 Å². The largest absolute Gasteiger partial charge is 0.383 e. The standard InChI is InChI=1S/C15H28F2N2O/c1-13-11-18(6-7-19(13)8-9-20-2)12-14-4-3-5-15(16,17)10-14/h13-14H,3-12H2,1-2H3/t13-,14-/m0/s1. The number of ether oxygens (including phenoxy) is 1. The average molecular weight is 290 g/mol. The van der Waals surface area contributed by atoms with Crippen LogP contribution in [0.4, 0.5) is 8.78 Å². The molecule has 2 aliphatic rings. The first-order valence-corrected chi connectivity index (χ1v) is 7.83. The van der Waals surface area contributed by atoms with Crippen molar-refractivity contribution in [3.63, 3.8) is 0 Å². The van der Waals surface area contributed by atoms with Gasteiger partial charge in [-0.05, 0) is 25.7 Å². The van der Waals surface area contributed by atoms with Crippen molar-refractivity contribution in [3.05, 3.63) is 0 Å². The molecule has 1 saturated heterocycles. The Kier molecular flexibility index (Phi) is 5.75. The van der Waals surface area contributed by atoms with E-state index in [0.717, 1.165) is 45.8 Å². The smallest absolute Gasteiger partial charge is 0.248 e. The highest BCUT2D eigenvalue weighted by molar-refractivity contribution is 4.84. The van der Waals surface area contributed by atoms with E-state index in [1.807, 2.05) is 0 Å². The van der Waals surface area contributed by atoms with Gasteiger partial charge in [0, 0.05) is 58.7 Å². The highest BCUT2D eigenvalue weighted by Gasteiger charge is 2.37. The van der Waals surface area contributed by atoms with E-state index in [2.05, 4.69) is 16.7 Å². The van der Waals surface area contributed by atoms with Crippen LogP contribution in [0.15, 0.2) is 0 Å². The van der Waals surface area contributed by atoms with Crippen LogP contribution >= 0.6 is 0 Å². The van der Waals surface area contributed by atoms with Gasteiger partial charge in [-0.3, -0.25) is 4.90 Å². The number of piperazine rings is 1. The highest BCUT2D eigenvalue weighted by Crippen LogP contribution is 2.37. The molecule has 2 atom stereocenters. The molecular weight excluding hydrogens is 262 g/mol. The minimum atomic E-state index is -2.42. The number of alkyl halides is 2. The van der Waals surface area contributed by atoms with Gasteiger partial charge < -0.3 is 9.64 Å². The molecule has 0 unspecified atom stereocenters. The molecule has 0 aromatic rings. The molecule has 1 saturated carbocycles. The zero-order valence-corrected chi connectivity index (χ0v) is 12.8. The van der Waals surface area contributed by atoms with Crippen molar-refractivity contribution in [2.24, 2.45) is 5.92 Å². The van der Waals surface area contributed by atoms with Crippen LogP contribution in [0.2, 0.25) is 0 Å². The summed E-state index contributed by atoms with van der Waals surface area (Å²) >= 11 is 0. The molecule has 0 N–H and O–H groups in total. The number of methoxy groups -OCH3 is 1. The van der Waals surface area contributed by atoms with Crippen molar-refractivity contribution < 1.29 is 13.5 Å². The van der Waals surface area contributed by atoms with Crippen LogP contribution in [-0.4, -0.2) is 68.2 Å². The van der Waals surface area contributed by atoms with Gasteiger partial charge in [-0.25, -0.2) is 8.78 Å². The Labute approximate surface area is 121 Å². The maximum Gasteiger partial charge on any atom is 0.248 e. The lowest BCUT2D eigenvalue weighted by Crippen LogP contribution is -2.53.